The maximum absolute atomic E-state index is 12.0. The van der Waals surface area contributed by atoms with Gasteiger partial charge in [0.1, 0.15) is 5.69 Å². The molecule has 0 aliphatic carbocycles. The van der Waals surface area contributed by atoms with Crippen LogP contribution in [-0.2, 0) is 0 Å². The summed E-state index contributed by atoms with van der Waals surface area (Å²) < 4.78 is 0. The van der Waals surface area contributed by atoms with Gasteiger partial charge in [0.05, 0.1) is 26.3 Å². The van der Waals surface area contributed by atoms with Crippen molar-refractivity contribution in [3.63, 3.8) is 0 Å². The Morgan fingerprint density at radius 3 is 2.29 bits per heavy atom. The highest BCUT2D eigenvalue weighted by Gasteiger charge is 2.13. The summed E-state index contributed by atoms with van der Waals surface area (Å²) in [5, 5.41) is 12.0. The Morgan fingerprint density at radius 2 is 1.71 bits per heavy atom. The predicted octanol–water partition coefficient (Wildman–Crippen LogP) is 3.99. The van der Waals surface area contributed by atoms with Crippen LogP contribution in [0.2, 0.25) is 15.1 Å². The van der Waals surface area contributed by atoms with Crippen molar-refractivity contribution in [2.24, 2.45) is 0 Å². The molecule has 1 aromatic carbocycles. The van der Waals surface area contributed by atoms with E-state index in [0.29, 0.717) is 0 Å². The molecule has 0 atom stereocenters. The second kappa shape index (κ2) is 6.30. The van der Waals surface area contributed by atoms with Crippen molar-refractivity contribution in [2.75, 3.05) is 5.32 Å². The van der Waals surface area contributed by atoms with Gasteiger partial charge in [0, 0.05) is 6.20 Å². The smallest absolute Gasteiger partial charge is 0.337 e. The van der Waals surface area contributed by atoms with E-state index in [9.17, 15) is 9.59 Å². The Labute approximate surface area is 134 Å². The van der Waals surface area contributed by atoms with Crippen LogP contribution in [0.5, 0.6) is 0 Å². The summed E-state index contributed by atoms with van der Waals surface area (Å²) >= 11 is 17.6. The van der Waals surface area contributed by atoms with Gasteiger partial charge in [-0.15, -0.1) is 0 Å². The summed E-state index contributed by atoms with van der Waals surface area (Å²) in [7, 11) is 0. The molecule has 0 unspecified atom stereocenters. The first kappa shape index (κ1) is 15.6. The van der Waals surface area contributed by atoms with Crippen molar-refractivity contribution < 1.29 is 14.7 Å². The molecule has 0 spiro atoms. The lowest BCUT2D eigenvalue weighted by molar-refractivity contribution is 0.0696. The van der Waals surface area contributed by atoms with E-state index in [-0.39, 0.29) is 32.0 Å². The molecule has 5 nitrogen and oxygen atoms in total. The van der Waals surface area contributed by atoms with E-state index in [1.165, 1.54) is 24.3 Å². The second-order valence-corrected chi connectivity index (χ2v) is 5.16. The molecule has 21 heavy (non-hydrogen) atoms. The zero-order valence-electron chi connectivity index (χ0n) is 10.2. The van der Waals surface area contributed by atoms with Crippen LogP contribution in [0.25, 0.3) is 0 Å². The monoisotopic (exact) mass is 344 g/mol. The van der Waals surface area contributed by atoms with Gasteiger partial charge >= 0.3 is 5.97 Å². The number of pyridine rings is 1. The molecule has 0 aliphatic rings. The molecule has 1 amide bonds. The maximum atomic E-state index is 12.0. The Bertz CT molecular complexity index is 717. The van der Waals surface area contributed by atoms with E-state index in [0.717, 1.165) is 6.20 Å². The minimum absolute atomic E-state index is 0.0147. The molecule has 108 valence electrons. The number of nitrogens with one attached hydrogen (secondary N) is 1. The highest BCUT2D eigenvalue weighted by atomic mass is 35.5. The number of benzene rings is 1. The number of aromatic nitrogens is 1. The molecule has 0 bridgehead atoms. The van der Waals surface area contributed by atoms with Crippen molar-refractivity contribution in [1.82, 2.24) is 4.98 Å². The molecule has 0 saturated carbocycles. The largest absolute Gasteiger partial charge is 0.478 e. The number of amides is 1. The number of rotatable bonds is 3. The Morgan fingerprint density at radius 1 is 1.05 bits per heavy atom. The summed E-state index contributed by atoms with van der Waals surface area (Å²) in [5.41, 5.74) is 0.307. The van der Waals surface area contributed by atoms with E-state index in [4.69, 9.17) is 39.9 Å². The number of nitrogens with zero attached hydrogens (tertiary/aromatic N) is 1. The van der Waals surface area contributed by atoms with E-state index in [1.807, 2.05) is 0 Å². The molecular weight excluding hydrogens is 339 g/mol. The fraction of sp³-hybridized carbons (Fsp3) is 0. The first-order valence-electron chi connectivity index (χ1n) is 5.53. The molecular formula is C13H7Cl3N2O3. The Hall–Kier alpha value is -1.82. The number of hydrogen-bond donors (Lipinski definition) is 2. The minimum Gasteiger partial charge on any atom is -0.478 e. The molecule has 0 fully saturated rings. The predicted molar refractivity (Wildman–Crippen MR) is 80.6 cm³/mol. The zero-order chi connectivity index (χ0) is 15.6. The van der Waals surface area contributed by atoms with Crippen molar-refractivity contribution in [2.45, 2.75) is 0 Å². The lowest BCUT2D eigenvalue weighted by Gasteiger charge is -2.08. The van der Waals surface area contributed by atoms with Gasteiger partial charge < -0.3 is 10.4 Å². The standard InChI is InChI=1S/C13H7Cl3N2O3/c14-7-3-9(16)11(4-8(7)15)18-12(19)10-2-1-6(5-17-10)13(20)21/h1-5H,(H,18,19)(H,20,21). The van der Waals surface area contributed by atoms with Crippen LogP contribution in [0.3, 0.4) is 0 Å². The summed E-state index contributed by atoms with van der Waals surface area (Å²) in [4.78, 5) is 26.5. The maximum Gasteiger partial charge on any atom is 0.337 e. The third-order valence-electron chi connectivity index (χ3n) is 2.50. The van der Waals surface area contributed by atoms with Gasteiger partial charge in [-0.3, -0.25) is 9.78 Å². The number of carbonyl (C=O) groups is 2. The van der Waals surface area contributed by atoms with Gasteiger partial charge in [-0.1, -0.05) is 34.8 Å². The van der Waals surface area contributed by atoms with E-state index in [1.54, 1.807) is 0 Å². The number of halogens is 3. The van der Waals surface area contributed by atoms with Crippen LogP contribution >= 0.6 is 34.8 Å². The first-order valence-corrected chi connectivity index (χ1v) is 6.67. The average Bonchev–Trinajstić information content (AvgIpc) is 2.44. The third kappa shape index (κ3) is 3.64. The van der Waals surface area contributed by atoms with E-state index in [2.05, 4.69) is 10.3 Å². The van der Waals surface area contributed by atoms with Crippen LogP contribution in [-0.4, -0.2) is 22.0 Å². The first-order chi connectivity index (χ1) is 9.88. The molecule has 0 aliphatic heterocycles. The Balaban J connectivity index is 2.22. The number of anilines is 1. The quantitative estimate of drug-likeness (QED) is 0.824. The number of carboxylic acids is 1. The van der Waals surface area contributed by atoms with E-state index >= 15 is 0 Å². The summed E-state index contributed by atoms with van der Waals surface area (Å²) in [5.74, 6) is -1.67. The highest BCUT2D eigenvalue weighted by molar-refractivity contribution is 6.44. The van der Waals surface area contributed by atoms with Gasteiger partial charge in [0.25, 0.3) is 5.91 Å². The third-order valence-corrected chi connectivity index (χ3v) is 3.54. The van der Waals surface area contributed by atoms with Crippen molar-refractivity contribution in [3.05, 3.63) is 56.8 Å². The zero-order valence-corrected chi connectivity index (χ0v) is 12.5. The lowest BCUT2D eigenvalue weighted by atomic mass is 10.2. The van der Waals surface area contributed by atoms with Gasteiger partial charge in [-0.25, -0.2) is 4.79 Å². The minimum atomic E-state index is -1.12. The molecule has 0 radical (unpaired) electrons. The summed E-state index contributed by atoms with van der Waals surface area (Å²) in [6.45, 7) is 0. The lowest BCUT2D eigenvalue weighted by Crippen LogP contribution is -2.14. The molecule has 1 aromatic heterocycles. The highest BCUT2D eigenvalue weighted by Crippen LogP contribution is 2.32. The molecule has 2 N–H and O–H groups in total. The fourth-order valence-electron chi connectivity index (χ4n) is 1.46. The van der Waals surface area contributed by atoms with Crippen molar-refractivity contribution in [3.8, 4) is 0 Å². The number of hydrogen-bond acceptors (Lipinski definition) is 3. The molecule has 2 rings (SSSR count). The van der Waals surface area contributed by atoms with Gasteiger partial charge in [-0.05, 0) is 24.3 Å². The fourth-order valence-corrected chi connectivity index (χ4v) is 2.05. The Kier molecular flexibility index (Phi) is 4.67. The van der Waals surface area contributed by atoms with Crippen LogP contribution in [0, 0.1) is 0 Å². The molecule has 1 heterocycles. The van der Waals surface area contributed by atoms with Gasteiger partial charge in [0.15, 0.2) is 0 Å². The summed E-state index contributed by atoms with van der Waals surface area (Å²) in [6, 6.07) is 5.39. The van der Waals surface area contributed by atoms with Crippen LogP contribution in [0.15, 0.2) is 30.5 Å². The van der Waals surface area contributed by atoms with Crippen molar-refractivity contribution >= 4 is 52.4 Å². The van der Waals surface area contributed by atoms with Crippen molar-refractivity contribution in [1.29, 1.82) is 0 Å². The topological polar surface area (TPSA) is 79.3 Å². The van der Waals surface area contributed by atoms with Crippen LogP contribution in [0.1, 0.15) is 20.8 Å². The number of aromatic carboxylic acids is 1. The summed E-state index contributed by atoms with van der Waals surface area (Å²) in [6.07, 6.45) is 1.09. The van der Waals surface area contributed by atoms with Crippen LogP contribution in [0.4, 0.5) is 5.69 Å². The SMILES string of the molecule is O=C(O)c1ccc(C(=O)Nc2cc(Cl)c(Cl)cc2Cl)nc1. The molecule has 8 heteroatoms. The normalized spacial score (nSPS) is 10.2. The molecule has 0 saturated heterocycles. The average molecular weight is 346 g/mol. The number of carboxylic acid groups (broad SMARTS) is 1. The second-order valence-electron chi connectivity index (χ2n) is 3.94. The molecule has 2 aromatic rings. The van der Waals surface area contributed by atoms with Crippen LogP contribution < -0.4 is 5.32 Å². The number of carbonyl (C=O) groups excluding carboxylic acids is 1. The van der Waals surface area contributed by atoms with Gasteiger partial charge in [0.2, 0.25) is 0 Å². The van der Waals surface area contributed by atoms with E-state index < -0.39 is 11.9 Å². The van der Waals surface area contributed by atoms with Gasteiger partial charge in [-0.2, -0.15) is 0 Å².